The summed E-state index contributed by atoms with van der Waals surface area (Å²) in [4.78, 5) is 30.8. The molecule has 11 nitrogen and oxygen atoms in total. The van der Waals surface area contributed by atoms with Crippen molar-refractivity contribution in [2.75, 3.05) is 31.1 Å². The summed E-state index contributed by atoms with van der Waals surface area (Å²) in [5.41, 5.74) is 0.833. The number of rotatable bonds is 4. The molecule has 1 amide bonds. The molecule has 0 N–H and O–H groups in total. The molecule has 0 aliphatic carbocycles. The second kappa shape index (κ2) is 7.06. The van der Waals surface area contributed by atoms with Gasteiger partial charge in [-0.3, -0.25) is 19.6 Å². The molecule has 1 aliphatic heterocycles. The lowest BCUT2D eigenvalue weighted by molar-refractivity contribution is -0.386. The van der Waals surface area contributed by atoms with E-state index in [1.807, 2.05) is 11.0 Å². The molecule has 0 saturated carbocycles. The number of carbonyl (C=O) groups excluding carboxylic acids is 1. The Bertz CT molecular complexity index is 931. The van der Waals surface area contributed by atoms with Gasteiger partial charge in [0.05, 0.1) is 4.92 Å². The van der Waals surface area contributed by atoms with Crippen LogP contribution >= 0.6 is 0 Å². The van der Waals surface area contributed by atoms with Crippen LogP contribution in [0.1, 0.15) is 23.0 Å². The number of anilines is 1. The minimum Gasteiger partial charge on any atom is -0.424 e. The van der Waals surface area contributed by atoms with Crippen molar-refractivity contribution in [2.24, 2.45) is 0 Å². The molecule has 1 aliphatic rings. The van der Waals surface area contributed by atoms with E-state index in [-0.39, 0.29) is 23.8 Å². The van der Waals surface area contributed by atoms with Crippen molar-refractivity contribution < 1.29 is 14.1 Å². The summed E-state index contributed by atoms with van der Waals surface area (Å²) >= 11 is 0. The van der Waals surface area contributed by atoms with E-state index in [1.54, 1.807) is 25.7 Å². The van der Waals surface area contributed by atoms with Gasteiger partial charge in [0.2, 0.25) is 17.5 Å². The topological polar surface area (TPSA) is 134 Å². The lowest BCUT2D eigenvalue weighted by Gasteiger charge is -2.34. The summed E-state index contributed by atoms with van der Waals surface area (Å²) in [5.74, 6) is 0.687. The van der Waals surface area contributed by atoms with E-state index in [2.05, 4.69) is 10.1 Å². The van der Waals surface area contributed by atoms with Gasteiger partial charge in [-0.2, -0.15) is 10.4 Å². The van der Waals surface area contributed by atoms with Crippen molar-refractivity contribution >= 4 is 17.5 Å². The van der Waals surface area contributed by atoms with Gasteiger partial charge in [-0.25, -0.2) is 4.98 Å². The third-order valence-corrected chi connectivity index (χ3v) is 4.55. The Kier molecular flexibility index (Phi) is 4.81. The van der Waals surface area contributed by atoms with Gasteiger partial charge in [0.1, 0.15) is 24.0 Å². The molecule has 11 heteroatoms. The van der Waals surface area contributed by atoms with Crippen LogP contribution in [0.4, 0.5) is 11.6 Å². The molecule has 1 saturated heterocycles. The first kappa shape index (κ1) is 18.4. The van der Waals surface area contributed by atoms with Crippen molar-refractivity contribution in [2.45, 2.75) is 27.3 Å². The zero-order valence-electron chi connectivity index (χ0n) is 15.3. The average molecular weight is 373 g/mol. The quantitative estimate of drug-likeness (QED) is 0.570. The number of piperazine rings is 1. The number of amides is 1. The molecule has 2 aromatic heterocycles. The summed E-state index contributed by atoms with van der Waals surface area (Å²) in [6.07, 6.45) is 0. The van der Waals surface area contributed by atoms with E-state index in [0.717, 1.165) is 0 Å². The third-order valence-electron chi connectivity index (χ3n) is 4.55. The minimum atomic E-state index is -0.483. The van der Waals surface area contributed by atoms with Gasteiger partial charge in [-0.15, -0.1) is 0 Å². The van der Waals surface area contributed by atoms with Crippen LogP contribution < -0.4 is 4.90 Å². The third kappa shape index (κ3) is 3.46. The fraction of sp³-hybridized carbons (Fsp3) is 0.500. The van der Waals surface area contributed by atoms with Gasteiger partial charge < -0.3 is 14.2 Å². The zero-order chi connectivity index (χ0) is 19.7. The molecule has 0 aromatic carbocycles. The molecule has 142 valence electrons. The number of aromatic nitrogens is 3. The fourth-order valence-electron chi connectivity index (χ4n) is 3.20. The van der Waals surface area contributed by atoms with Crippen molar-refractivity contribution in [3.05, 3.63) is 33.1 Å². The van der Waals surface area contributed by atoms with Gasteiger partial charge in [-0.1, -0.05) is 0 Å². The normalized spacial score (nSPS) is 14.3. The molecule has 2 aromatic rings. The van der Waals surface area contributed by atoms with Crippen LogP contribution in [0, 0.1) is 42.2 Å². The van der Waals surface area contributed by atoms with Crippen LogP contribution in [0.3, 0.4) is 0 Å². The Labute approximate surface area is 154 Å². The van der Waals surface area contributed by atoms with Crippen molar-refractivity contribution in [3.8, 4) is 6.07 Å². The Morgan fingerprint density at radius 3 is 2.52 bits per heavy atom. The first-order valence-corrected chi connectivity index (χ1v) is 8.40. The number of carbonyl (C=O) groups is 1. The van der Waals surface area contributed by atoms with Gasteiger partial charge >= 0.3 is 5.69 Å². The largest absolute Gasteiger partial charge is 0.424 e. The molecule has 3 rings (SSSR count). The molecule has 3 heterocycles. The van der Waals surface area contributed by atoms with Crippen molar-refractivity contribution in [1.29, 1.82) is 5.26 Å². The first-order valence-electron chi connectivity index (χ1n) is 8.40. The fourth-order valence-corrected chi connectivity index (χ4v) is 3.20. The highest BCUT2D eigenvalue weighted by atomic mass is 16.6. The Balaban J connectivity index is 1.65. The van der Waals surface area contributed by atoms with Crippen LogP contribution in [-0.4, -0.2) is 56.7 Å². The molecule has 0 unspecified atom stereocenters. The van der Waals surface area contributed by atoms with E-state index >= 15 is 0 Å². The molecular formula is C16H19N7O4. The smallest absolute Gasteiger partial charge is 0.312 e. The maximum absolute atomic E-state index is 12.6. The van der Waals surface area contributed by atoms with Crippen LogP contribution in [-0.2, 0) is 11.3 Å². The monoisotopic (exact) mass is 373 g/mol. The molecule has 0 atom stereocenters. The Morgan fingerprint density at radius 1 is 1.30 bits per heavy atom. The summed E-state index contributed by atoms with van der Waals surface area (Å²) in [6.45, 7) is 6.67. The Hall–Kier alpha value is -3.42. The summed E-state index contributed by atoms with van der Waals surface area (Å²) in [7, 11) is 0. The standard InChI is InChI=1S/C16H19N7O4/c1-10-15(23(25)26)11(2)22(19-10)9-14(24)20-4-6-21(7-5-20)16-13(8-17)18-12(3)27-16/h4-7,9H2,1-3H3. The number of nitro groups is 1. The number of hydrogen-bond acceptors (Lipinski definition) is 8. The molecular weight excluding hydrogens is 354 g/mol. The molecule has 1 fully saturated rings. The van der Waals surface area contributed by atoms with Crippen LogP contribution in [0.2, 0.25) is 0 Å². The lowest BCUT2D eigenvalue weighted by Crippen LogP contribution is -2.49. The average Bonchev–Trinajstić information content (AvgIpc) is 3.14. The van der Waals surface area contributed by atoms with Gasteiger partial charge in [-0.05, 0) is 13.8 Å². The maximum atomic E-state index is 12.6. The minimum absolute atomic E-state index is 0.0502. The highest BCUT2D eigenvalue weighted by Gasteiger charge is 2.28. The van der Waals surface area contributed by atoms with Crippen LogP contribution in [0.5, 0.6) is 0 Å². The van der Waals surface area contributed by atoms with Gasteiger partial charge in [0, 0.05) is 33.1 Å². The Morgan fingerprint density at radius 2 is 1.96 bits per heavy atom. The maximum Gasteiger partial charge on any atom is 0.312 e. The SMILES string of the molecule is Cc1nc(C#N)c(N2CCN(C(=O)Cn3nc(C)c([N+](=O)[O-])c3C)CC2)o1. The lowest BCUT2D eigenvalue weighted by atomic mass is 10.3. The number of hydrogen-bond donors (Lipinski definition) is 0. The summed E-state index contributed by atoms with van der Waals surface area (Å²) < 4.78 is 6.87. The first-order chi connectivity index (χ1) is 12.8. The van der Waals surface area contributed by atoms with E-state index in [4.69, 9.17) is 9.68 Å². The highest BCUT2D eigenvalue weighted by molar-refractivity contribution is 5.76. The summed E-state index contributed by atoms with van der Waals surface area (Å²) in [6, 6.07) is 2.01. The van der Waals surface area contributed by atoms with E-state index in [0.29, 0.717) is 49.3 Å². The summed E-state index contributed by atoms with van der Waals surface area (Å²) in [5, 5.41) is 24.3. The molecule has 27 heavy (non-hydrogen) atoms. The highest BCUT2D eigenvalue weighted by Crippen LogP contribution is 2.24. The van der Waals surface area contributed by atoms with E-state index in [9.17, 15) is 14.9 Å². The van der Waals surface area contributed by atoms with Crippen molar-refractivity contribution in [1.82, 2.24) is 19.7 Å². The number of oxazole rings is 1. The molecule has 0 radical (unpaired) electrons. The van der Waals surface area contributed by atoms with E-state index < -0.39 is 4.92 Å². The predicted octanol–water partition coefficient (Wildman–Crippen LogP) is 0.925. The zero-order valence-corrected chi connectivity index (χ0v) is 15.3. The van der Waals surface area contributed by atoms with Gasteiger partial charge in [0.15, 0.2) is 5.89 Å². The van der Waals surface area contributed by atoms with Gasteiger partial charge in [0.25, 0.3) is 0 Å². The van der Waals surface area contributed by atoms with Crippen LogP contribution in [0.15, 0.2) is 4.42 Å². The molecule has 0 spiro atoms. The van der Waals surface area contributed by atoms with Crippen LogP contribution in [0.25, 0.3) is 0 Å². The van der Waals surface area contributed by atoms with Crippen molar-refractivity contribution in [3.63, 3.8) is 0 Å². The second-order valence-electron chi connectivity index (χ2n) is 6.30. The second-order valence-corrected chi connectivity index (χ2v) is 6.30. The van der Waals surface area contributed by atoms with E-state index in [1.165, 1.54) is 4.68 Å². The number of nitriles is 1. The number of nitrogens with zero attached hydrogens (tertiary/aromatic N) is 7. The number of aryl methyl sites for hydroxylation is 2. The molecule has 0 bridgehead atoms. The predicted molar refractivity (Wildman–Crippen MR) is 93.1 cm³/mol.